The summed E-state index contributed by atoms with van der Waals surface area (Å²) in [5, 5.41) is 7.06. The molecule has 1 aromatic carbocycles. The van der Waals surface area contributed by atoms with Gasteiger partial charge in [-0.2, -0.15) is 0 Å². The Bertz CT molecular complexity index is 571. The van der Waals surface area contributed by atoms with Crippen molar-refractivity contribution < 1.29 is 0 Å². The minimum absolute atomic E-state index is 0.369. The SMILES string of the molecule is CCNC(Cc1ccc(Cl)cc1Cl)Cc1sccc1Br. The van der Waals surface area contributed by atoms with Crippen LogP contribution in [0.3, 0.4) is 0 Å². The molecule has 2 aromatic rings. The van der Waals surface area contributed by atoms with Gasteiger partial charge in [0.05, 0.1) is 0 Å². The van der Waals surface area contributed by atoms with Gasteiger partial charge in [-0.05, 0) is 64.5 Å². The quantitative estimate of drug-likeness (QED) is 0.676. The highest BCUT2D eigenvalue weighted by atomic mass is 79.9. The highest BCUT2D eigenvalue weighted by Crippen LogP contribution is 2.26. The van der Waals surface area contributed by atoms with E-state index in [1.807, 2.05) is 18.2 Å². The Kier molecular flexibility index (Phi) is 6.37. The molecule has 20 heavy (non-hydrogen) atoms. The van der Waals surface area contributed by atoms with Crippen LogP contribution in [0.1, 0.15) is 17.4 Å². The fourth-order valence-electron chi connectivity index (χ4n) is 2.15. The van der Waals surface area contributed by atoms with Crippen LogP contribution in [-0.2, 0) is 12.8 Å². The molecule has 0 spiro atoms. The molecule has 1 aromatic heterocycles. The van der Waals surface area contributed by atoms with E-state index in [4.69, 9.17) is 23.2 Å². The predicted octanol–water partition coefficient (Wildman–Crippen LogP) is 5.58. The highest BCUT2D eigenvalue weighted by Gasteiger charge is 2.14. The maximum absolute atomic E-state index is 6.27. The number of hydrogen-bond acceptors (Lipinski definition) is 2. The minimum Gasteiger partial charge on any atom is -0.314 e. The van der Waals surface area contributed by atoms with E-state index in [2.05, 4.69) is 39.6 Å². The zero-order valence-corrected chi connectivity index (χ0v) is 15.0. The fraction of sp³-hybridized carbons (Fsp3) is 0.333. The first-order valence-corrected chi connectivity index (χ1v) is 8.92. The molecule has 0 saturated carbocycles. The molecule has 1 atom stereocenters. The van der Waals surface area contributed by atoms with Crippen molar-refractivity contribution in [3.63, 3.8) is 0 Å². The number of likely N-dealkylation sites (N-methyl/N-ethyl adjacent to an activating group) is 1. The Morgan fingerprint density at radius 1 is 1.25 bits per heavy atom. The molecule has 1 N–H and O–H groups in total. The average Bonchev–Trinajstić information content (AvgIpc) is 2.79. The molecule has 0 saturated heterocycles. The van der Waals surface area contributed by atoms with Crippen molar-refractivity contribution in [2.75, 3.05) is 6.54 Å². The Balaban J connectivity index is 2.11. The predicted molar refractivity (Wildman–Crippen MR) is 93.4 cm³/mol. The van der Waals surface area contributed by atoms with E-state index in [1.54, 1.807) is 11.3 Å². The number of nitrogens with one attached hydrogen (secondary N) is 1. The van der Waals surface area contributed by atoms with Gasteiger partial charge in [0, 0.05) is 25.4 Å². The number of rotatable bonds is 6. The number of hydrogen-bond donors (Lipinski definition) is 1. The summed E-state index contributed by atoms with van der Waals surface area (Å²) in [6.07, 6.45) is 1.89. The largest absolute Gasteiger partial charge is 0.314 e. The first kappa shape index (κ1) is 16.3. The van der Waals surface area contributed by atoms with Gasteiger partial charge in [0.15, 0.2) is 0 Å². The molecule has 0 bridgehead atoms. The van der Waals surface area contributed by atoms with Crippen LogP contribution in [0.4, 0.5) is 0 Å². The minimum atomic E-state index is 0.369. The van der Waals surface area contributed by atoms with E-state index in [9.17, 15) is 0 Å². The average molecular weight is 393 g/mol. The van der Waals surface area contributed by atoms with Gasteiger partial charge in [-0.3, -0.25) is 0 Å². The van der Waals surface area contributed by atoms with Gasteiger partial charge in [-0.15, -0.1) is 11.3 Å². The van der Waals surface area contributed by atoms with Crippen molar-refractivity contribution in [1.29, 1.82) is 0 Å². The van der Waals surface area contributed by atoms with Crippen LogP contribution in [0.2, 0.25) is 10.0 Å². The van der Waals surface area contributed by atoms with E-state index < -0.39 is 0 Å². The summed E-state index contributed by atoms with van der Waals surface area (Å²) in [4.78, 5) is 1.36. The van der Waals surface area contributed by atoms with Crippen molar-refractivity contribution in [3.05, 3.63) is 54.6 Å². The Morgan fingerprint density at radius 2 is 2.05 bits per heavy atom. The van der Waals surface area contributed by atoms with Gasteiger partial charge < -0.3 is 5.32 Å². The van der Waals surface area contributed by atoms with Crippen LogP contribution in [0.15, 0.2) is 34.1 Å². The summed E-state index contributed by atoms with van der Waals surface area (Å²) in [6.45, 7) is 3.07. The Hall–Kier alpha value is -0.0600. The van der Waals surface area contributed by atoms with Gasteiger partial charge in [0.1, 0.15) is 0 Å². The molecular weight excluding hydrogens is 377 g/mol. The van der Waals surface area contributed by atoms with E-state index in [0.29, 0.717) is 11.1 Å². The van der Waals surface area contributed by atoms with Crippen molar-refractivity contribution in [2.45, 2.75) is 25.8 Å². The van der Waals surface area contributed by atoms with E-state index in [-0.39, 0.29) is 0 Å². The highest BCUT2D eigenvalue weighted by molar-refractivity contribution is 9.10. The normalized spacial score (nSPS) is 12.6. The van der Waals surface area contributed by atoms with Crippen LogP contribution < -0.4 is 5.32 Å². The third-order valence-corrected chi connectivity index (χ3v) is 5.63. The molecule has 0 fully saturated rings. The molecule has 0 radical (unpaired) electrons. The number of thiophene rings is 1. The Morgan fingerprint density at radius 3 is 2.65 bits per heavy atom. The Labute approximate surface area is 142 Å². The molecule has 0 aliphatic rings. The second-order valence-corrected chi connectivity index (χ2v) is 7.29. The summed E-state index contributed by atoms with van der Waals surface area (Å²) in [6, 6.07) is 8.18. The summed E-state index contributed by atoms with van der Waals surface area (Å²) in [5.74, 6) is 0. The number of benzene rings is 1. The lowest BCUT2D eigenvalue weighted by molar-refractivity contribution is 0.524. The lowest BCUT2D eigenvalue weighted by atomic mass is 10.0. The topological polar surface area (TPSA) is 12.0 Å². The van der Waals surface area contributed by atoms with Crippen molar-refractivity contribution in [3.8, 4) is 0 Å². The van der Waals surface area contributed by atoms with Gasteiger partial charge >= 0.3 is 0 Å². The summed E-state index contributed by atoms with van der Waals surface area (Å²) >= 11 is 17.6. The molecule has 108 valence electrons. The van der Waals surface area contributed by atoms with Gasteiger partial charge in [0.25, 0.3) is 0 Å². The van der Waals surface area contributed by atoms with Crippen LogP contribution in [0.5, 0.6) is 0 Å². The molecule has 2 rings (SSSR count). The fourth-order valence-corrected chi connectivity index (χ4v) is 4.23. The first-order chi connectivity index (χ1) is 9.60. The van der Waals surface area contributed by atoms with Crippen LogP contribution >= 0.6 is 50.5 Å². The maximum Gasteiger partial charge on any atom is 0.0453 e. The molecule has 0 amide bonds. The van der Waals surface area contributed by atoms with Crippen molar-refractivity contribution in [2.24, 2.45) is 0 Å². The van der Waals surface area contributed by atoms with E-state index >= 15 is 0 Å². The third kappa shape index (κ3) is 4.47. The standard InChI is InChI=1S/C15H16BrCl2NS/c1-2-19-12(9-15-13(16)5-6-20-15)7-10-3-4-11(17)8-14(10)18/h3-6,8,12,19H,2,7,9H2,1H3. The summed E-state index contributed by atoms with van der Waals surface area (Å²) in [5.41, 5.74) is 1.13. The molecule has 1 heterocycles. The van der Waals surface area contributed by atoms with Crippen LogP contribution in [-0.4, -0.2) is 12.6 Å². The van der Waals surface area contributed by atoms with Gasteiger partial charge in [-0.25, -0.2) is 0 Å². The van der Waals surface area contributed by atoms with Gasteiger partial charge in [0.2, 0.25) is 0 Å². The second kappa shape index (κ2) is 7.81. The molecule has 0 aliphatic heterocycles. The van der Waals surface area contributed by atoms with Crippen LogP contribution in [0.25, 0.3) is 0 Å². The molecule has 1 nitrogen and oxygen atoms in total. The molecule has 0 aliphatic carbocycles. The molecule has 1 unspecified atom stereocenters. The van der Waals surface area contributed by atoms with Crippen molar-refractivity contribution >= 4 is 50.5 Å². The lowest BCUT2D eigenvalue weighted by Gasteiger charge is -2.18. The molecular formula is C15H16BrCl2NS. The van der Waals surface area contributed by atoms with Gasteiger partial charge in [-0.1, -0.05) is 36.2 Å². The summed E-state index contributed by atoms with van der Waals surface area (Å²) < 4.78 is 1.19. The lowest BCUT2D eigenvalue weighted by Crippen LogP contribution is -2.33. The maximum atomic E-state index is 6.27. The molecule has 5 heteroatoms. The first-order valence-electron chi connectivity index (χ1n) is 6.49. The third-order valence-electron chi connectivity index (χ3n) is 3.10. The zero-order chi connectivity index (χ0) is 14.5. The van der Waals surface area contributed by atoms with Crippen LogP contribution in [0, 0.1) is 0 Å². The zero-order valence-electron chi connectivity index (χ0n) is 11.1. The smallest absolute Gasteiger partial charge is 0.0453 e. The second-order valence-electron chi connectivity index (χ2n) is 4.59. The van der Waals surface area contributed by atoms with E-state index in [0.717, 1.165) is 30.0 Å². The summed E-state index contributed by atoms with van der Waals surface area (Å²) in [7, 11) is 0. The number of halogens is 3. The van der Waals surface area contributed by atoms with Crippen molar-refractivity contribution in [1.82, 2.24) is 5.32 Å². The van der Waals surface area contributed by atoms with E-state index in [1.165, 1.54) is 9.35 Å². The monoisotopic (exact) mass is 391 g/mol.